The van der Waals surface area contributed by atoms with Gasteiger partial charge in [-0.1, -0.05) is 0 Å². The maximum absolute atomic E-state index is 9.46. The van der Waals surface area contributed by atoms with Crippen LogP contribution in [-0.2, 0) is 11.1 Å². The van der Waals surface area contributed by atoms with E-state index in [0.717, 1.165) is 0 Å². The lowest BCUT2D eigenvalue weighted by Gasteiger charge is -1.99. The Bertz CT molecular complexity index is 55.5. The third-order valence-electron chi connectivity index (χ3n) is 0.201. The number of nitrogens with one attached hydrogen (secondary N) is 1. The van der Waals surface area contributed by atoms with Crippen LogP contribution in [0.1, 0.15) is 0 Å². The summed E-state index contributed by atoms with van der Waals surface area (Å²) in [6.07, 6.45) is 0. The average Bonchev–Trinajstić information content (AvgIpc) is 1.35. The lowest BCUT2D eigenvalue weighted by molar-refractivity contribution is 0.531. The van der Waals surface area contributed by atoms with Crippen LogP contribution < -0.4 is 11.3 Å². The molecule has 0 heterocycles. The Morgan fingerprint density at radius 1 is 2.00 bits per heavy atom. The minimum Gasteiger partial charge on any atom is -0.771 e. The lowest BCUT2D eigenvalue weighted by Crippen LogP contribution is -2.25. The van der Waals surface area contributed by atoms with Crippen LogP contribution in [0.15, 0.2) is 0 Å². The van der Waals surface area contributed by atoms with Gasteiger partial charge in [0.2, 0.25) is 0 Å². The highest BCUT2D eigenvalue weighted by atomic mass is 32.2. The van der Waals surface area contributed by atoms with E-state index in [1.165, 1.54) is 0 Å². The molecule has 0 aliphatic carbocycles. The Labute approximate surface area is 38.0 Å². The van der Waals surface area contributed by atoms with Gasteiger partial charge in [0.15, 0.2) is 0 Å². The number of hydrogen-bond donors (Lipinski definition) is 2. The van der Waals surface area contributed by atoms with Gasteiger partial charge in [0, 0.05) is 0 Å². The van der Waals surface area contributed by atoms with Gasteiger partial charge < -0.3 is 4.55 Å². The molecule has 1 atom stereocenters. The fraction of sp³-hybridized carbons (Fsp3) is 1.00. The van der Waals surface area contributed by atoms with Gasteiger partial charge in [-0.05, 0) is 11.1 Å². The summed E-state index contributed by atoms with van der Waals surface area (Å²) < 4.78 is 18.9. The third kappa shape index (κ3) is 4.03. The summed E-state index contributed by atoms with van der Waals surface area (Å²) in [7, 11) is 0. The summed E-state index contributed by atoms with van der Waals surface area (Å²) in [5.41, 5.74) is 1.95. The molecule has 3 N–H and O–H groups in total. The summed E-state index contributed by atoms with van der Waals surface area (Å²) in [6, 6.07) is 0. The molecular formula is CH5N2O2S-. The topological polar surface area (TPSA) is 78.2 Å². The molecule has 0 fully saturated rings. The van der Waals surface area contributed by atoms with Crippen LogP contribution in [-0.4, -0.2) is 14.6 Å². The van der Waals surface area contributed by atoms with Crippen molar-refractivity contribution in [2.75, 3.05) is 5.88 Å². The van der Waals surface area contributed by atoms with Crippen molar-refractivity contribution < 1.29 is 8.76 Å². The van der Waals surface area contributed by atoms with Crippen molar-refractivity contribution in [3.05, 3.63) is 0 Å². The van der Waals surface area contributed by atoms with E-state index in [2.05, 4.69) is 5.84 Å². The predicted molar refractivity (Wildman–Crippen MR) is 21.1 cm³/mol. The largest absolute Gasteiger partial charge is 0.771 e. The van der Waals surface area contributed by atoms with E-state index in [1.54, 1.807) is 0 Å². The summed E-state index contributed by atoms with van der Waals surface area (Å²) in [6.45, 7) is 0. The van der Waals surface area contributed by atoms with Gasteiger partial charge in [-0.15, -0.1) is 0 Å². The maximum atomic E-state index is 9.46. The molecule has 0 aliphatic rings. The molecule has 0 saturated heterocycles. The smallest absolute Gasteiger partial charge is 0.0722 e. The van der Waals surface area contributed by atoms with E-state index in [-0.39, 0.29) is 5.88 Å². The minimum atomic E-state index is -2.05. The van der Waals surface area contributed by atoms with Crippen LogP contribution in [0.3, 0.4) is 0 Å². The second kappa shape index (κ2) is 3.23. The molecule has 6 heavy (non-hydrogen) atoms. The first-order valence-corrected chi connectivity index (χ1v) is 2.51. The van der Waals surface area contributed by atoms with Gasteiger partial charge in [0.05, 0.1) is 5.88 Å². The molecule has 0 aromatic carbocycles. The minimum absolute atomic E-state index is 0.181. The van der Waals surface area contributed by atoms with E-state index in [0.29, 0.717) is 0 Å². The van der Waals surface area contributed by atoms with Crippen molar-refractivity contribution in [3.63, 3.8) is 0 Å². The molecule has 0 spiro atoms. The Balaban J connectivity index is 2.83. The zero-order chi connectivity index (χ0) is 4.99. The molecule has 1 unspecified atom stereocenters. The van der Waals surface area contributed by atoms with Gasteiger partial charge in [0.25, 0.3) is 0 Å². The zero-order valence-electron chi connectivity index (χ0n) is 3.01. The first-order valence-electron chi connectivity index (χ1n) is 1.26. The van der Waals surface area contributed by atoms with Gasteiger partial charge >= 0.3 is 0 Å². The van der Waals surface area contributed by atoms with Gasteiger partial charge in [-0.25, -0.2) is 5.43 Å². The van der Waals surface area contributed by atoms with Crippen LogP contribution in [0.4, 0.5) is 0 Å². The van der Waals surface area contributed by atoms with Gasteiger partial charge in [-0.2, -0.15) is 0 Å². The number of hydrazine groups is 1. The summed E-state index contributed by atoms with van der Waals surface area (Å²) in [4.78, 5) is 0. The molecule has 38 valence electrons. The van der Waals surface area contributed by atoms with Crippen molar-refractivity contribution >= 4 is 11.1 Å². The predicted octanol–water partition coefficient (Wildman–Crippen LogP) is -1.71. The molecule has 5 heteroatoms. The first kappa shape index (κ1) is 6.03. The average molecular weight is 109 g/mol. The Kier molecular flexibility index (Phi) is 3.24. The van der Waals surface area contributed by atoms with E-state index in [1.807, 2.05) is 5.43 Å². The standard InChI is InChI=1S/CH6N2O2S/c2-3-1-6(4)5/h3H,1-2H2,(H,4,5)/p-1. The van der Waals surface area contributed by atoms with Gasteiger partial charge in [0.1, 0.15) is 0 Å². The SMILES string of the molecule is NNCS(=O)[O-]. The van der Waals surface area contributed by atoms with Crippen molar-refractivity contribution in [1.29, 1.82) is 0 Å². The highest BCUT2D eigenvalue weighted by Gasteiger charge is 1.70. The Morgan fingerprint density at radius 2 is 2.50 bits per heavy atom. The van der Waals surface area contributed by atoms with E-state index in [4.69, 9.17) is 0 Å². The summed E-state index contributed by atoms with van der Waals surface area (Å²) in [5.74, 6) is 4.41. The lowest BCUT2D eigenvalue weighted by atomic mass is 11.5. The molecule has 0 saturated carbocycles. The van der Waals surface area contributed by atoms with E-state index >= 15 is 0 Å². The normalized spacial score (nSPS) is 14.3. The fourth-order valence-electron chi connectivity index (χ4n) is 0.0680. The van der Waals surface area contributed by atoms with Gasteiger partial charge in [-0.3, -0.25) is 10.1 Å². The molecule has 4 nitrogen and oxygen atoms in total. The monoisotopic (exact) mass is 109 g/mol. The number of rotatable bonds is 2. The molecule has 0 aliphatic heterocycles. The quantitative estimate of drug-likeness (QED) is 0.251. The third-order valence-corrected chi connectivity index (χ3v) is 0.604. The molecule has 0 bridgehead atoms. The second-order valence-corrected chi connectivity index (χ2v) is 1.55. The molecule has 0 rings (SSSR count). The summed E-state index contributed by atoms with van der Waals surface area (Å²) in [5, 5.41) is 0. The van der Waals surface area contributed by atoms with Crippen molar-refractivity contribution in [2.45, 2.75) is 0 Å². The highest BCUT2D eigenvalue weighted by Crippen LogP contribution is 1.58. The van der Waals surface area contributed by atoms with Crippen LogP contribution >= 0.6 is 0 Å². The molecule has 0 aromatic heterocycles. The van der Waals surface area contributed by atoms with E-state index in [9.17, 15) is 8.76 Å². The molecular weight excluding hydrogens is 104 g/mol. The number of hydrogen-bond acceptors (Lipinski definition) is 4. The van der Waals surface area contributed by atoms with Crippen LogP contribution in [0.2, 0.25) is 0 Å². The van der Waals surface area contributed by atoms with Crippen molar-refractivity contribution in [1.82, 2.24) is 5.43 Å². The van der Waals surface area contributed by atoms with Crippen LogP contribution in [0.5, 0.6) is 0 Å². The number of nitrogens with two attached hydrogens (primary N) is 1. The summed E-state index contributed by atoms with van der Waals surface area (Å²) >= 11 is -2.05. The first-order chi connectivity index (χ1) is 2.77. The highest BCUT2D eigenvalue weighted by molar-refractivity contribution is 7.79. The zero-order valence-corrected chi connectivity index (χ0v) is 3.83. The molecule has 0 radical (unpaired) electrons. The van der Waals surface area contributed by atoms with Crippen LogP contribution in [0.25, 0.3) is 0 Å². The van der Waals surface area contributed by atoms with Crippen LogP contribution in [0, 0.1) is 0 Å². The molecule has 0 aromatic rings. The fourth-order valence-corrected chi connectivity index (χ4v) is 0.204. The van der Waals surface area contributed by atoms with E-state index < -0.39 is 11.1 Å². The Morgan fingerprint density at radius 3 is 2.50 bits per heavy atom. The van der Waals surface area contributed by atoms with Crippen molar-refractivity contribution in [3.8, 4) is 0 Å². The Hall–Kier alpha value is 0.0300. The second-order valence-electron chi connectivity index (χ2n) is 0.652. The molecule has 0 amide bonds. The van der Waals surface area contributed by atoms with Crippen molar-refractivity contribution in [2.24, 2.45) is 5.84 Å². The maximum Gasteiger partial charge on any atom is 0.0722 e.